The molecule has 1 aromatic heterocycles. The predicted molar refractivity (Wildman–Crippen MR) is 131 cm³/mol. The molecule has 2 unspecified atom stereocenters. The van der Waals surface area contributed by atoms with Gasteiger partial charge in [0, 0.05) is 13.6 Å². The molecule has 6 nitrogen and oxygen atoms in total. The van der Waals surface area contributed by atoms with E-state index in [1.54, 1.807) is 14.0 Å². The standard InChI is InChI=1S/C21H30N4O2S.HI/c1-7-27-20(26)18-15(4)24-19(28-18)16(5)25-21(22-6)23-12-14(3)17-10-8-13(2)9-11-17;/h8-11,14,16H,7,12H2,1-6H3,(H2,22,23,25);1H. The average Bonchev–Trinajstić information content (AvgIpc) is 3.07. The molecule has 0 spiro atoms. The molecule has 1 aromatic carbocycles. The van der Waals surface area contributed by atoms with Gasteiger partial charge in [0.25, 0.3) is 0 Å². The topological polar surface area (TPSA) is 75.6 Å². The molecular formula is C21H31IN4O2S. The van der Waals surface area contributed by atoms with Crippen LogP contribution < -0.4 is 10.6 Å². The number of nitrogens with one attached hydrogen (secondary N) is 2. The zero-order valence-corrected chi connectivity index (χ0v) is 21.1. The maximum Gasteiger partial charge on any atom is 0.350 e. The number of hydrogen-bond acceptors (Lipinski definition) is 5. The number of rotatable bonds is 7. The number of esters is 1. The van der Waals surface area contributed by atoms with E-state index in [4.69, 9.17) is 4.74 Å². The zero-order chi connectivity index (χ0) is 20.7. The number of carbonyl (C=O) groups is 1. The van der Waals surface area contributed by atoms with Crippen LogP contribution in [0, 0.1) is 13.8 Å². The molecule has 2 rings (SSSR count). The number of aromatic nitrogens is 1. The van der Waals surface area contributed by atoms with Gasteiger partial charge >= 0.3 is 5.97 Å². The monoisotopic (exact) mass is 530 g/mol. The SMILES string of the molecule is CCOC(=O)c1sc(C(C)NC(=NC)NCC(C)c2ccc(C)cc2)nc1C.I. The highest BCUT2D eigenvalue weighted by Crippen LogP contribution is 2.24. The largest absolute Gasteiger partial charge is 0.462 e. The van der Waals surface area contributed by atoms with Crippen LogP contribution in [0.2, 0.25) is 0 Å². The van der Waals surface area contributed by atoms with Crippen molar-refractivity contribution in [2.45, 2.75) is 46.6 Å². The summed E-state index contributed by atoms with van der Waals surface area (Å²) in [5.74, 6) is 0.745. The summed E-state index contributed by atoms with van der Waals surface area (Å²) < 4.78 is 5.09. The minimum Gasteiger partial charge on any atom is -0.462 e. The van der Waals surface area contributed by atoms with E-state index in [0.717, 1.165) is 11.6 Å². The van der Waals surface area contributed by atoms with Crippen LogP contribution in [0.4, 0.5) is 0 Å². The zero-order valence-electron chi connectivity index (χ0n) is 17.9. The Labute approximate surface area is 194 Å². The van der Waals surface area contributed by atoms with E-state index in [-0.39, 0.29) is 36.0 Å². The molecule has 2 N–H and O–H groups in total. The van der Waals surface area contributed by atoms with Gasteiger partial charge in [0.05, 0.1) is 18.3 Å². The van der Waals surface area contributed by atoms with Gasteiger partial charge in [0.15, 0.2) is 5.96 Å². The summed E-state index contributed by atoms with van der Waals surface area (Å²) >= 11 is 1.36. The number of aryl methyl sites for hydroxylation is 2. The Morgan fingerprint density at radius 1 is 1.24 bits per heavy atom. The van der Waals surface area contributed by atoms with Crippen molar-refractivity contribution in [1.29, 1.82) is 0 Å². The number of thiazole rings is 1. The van der Waals surface area contributed by atoms with Gasteiger partial charge in [-0.2, -0.15) is 0 Å². The van der Waals surface area contributed by atoms with E-state index < -0.39 is 0 Å². The Morgan fingerprint density at radius 3 is 2.48 bits per heavy atom. The highest BCUT2D eigenvalue weighted by molar-refractivity contribution is 14.0. The van der Waals surface area contributed by atoms with Crippen molar-refractivity contribution in [2.24, 2.45) is 4.99 Å². The van der Waals surface area contributed by atoms with E-state index in [1.165, 1.54) is 22.5 Å². The summed E-state index contributed by atoms with van der Waals surface area (Å²) in [6.07, 6.45) is 0. The molecule has 1 heterocycles. The first kappa shape index (κ1) is 25.4. The minimum atomic E-state index is -0.314. The first-order valence-corrected chi connectivity index (χ1v) is 10.4. The van der Waals surface area contributed by atoms with Gasteiger partial charge in [0.2, 0.25) is 0 Å². The molecular weight excluding hydrogens is 499 g/mol. The molecule has 160 valence electrons. The van der Waals surface area contributed by atoms with Crippen LogP contribution in [0.1, 0.15) is 64.2 Å². The lowest BCUT2D eigenvalue weighted by atomic mass is 10.0. The number of ether oxygens (including phenoxy) is 1. The summed E-state index contributed by atoms with van der Waals surface area (Å²) in [5.41, 5.74) is 3.25. The second kappa shape index (κ2) is 12.1. The first-order chi connectivity index (χ1) is 13.3. The smallest absolute Gasteiger partial charge is 0.350 e. The summed E-state index contributed by atoms with van der Waals surface area (Å²) in [6, 6.07) is 8.51. The third kappa shape index (κ3) is 7.26. The Kier molecular flexibility index (Phi) is 10.6. The van der Waals surface area contributed by atoms with Gasteiger partial charge in [-0.05, 0) is 39.2 Å². The second-order valence-electron chi connectivity index (χ2n) is 6.82. The van der Waals surface area contributed by atoms with Crippen LogP contribution in [0.25, 0.3) is 0 Å². The number of halogens is 1. The molecule has 0 aliphatic carbocycles. The maximum atomic E-state index is 12.0. The fourth-order valence-electron chi connectivity index (χ4n) is 2.71. The van der Waals surface area contributed by atoms with Crippen molar-refractivity contribution in [2.75, 3.05) is 20.2 Å². The van der Waals surface area contributed by atoms with Gasteiger partial charge in [0.1, 0.15) is 9.88 Å². The van der Waals surface area contributed by atoms with Crippen molar-refractivity contribution in [3.05, 3.63) is 51.0 Å². The molecule has 2 aromatic rings. The van der Waals surface area contributed by atoms with E-state index in [1.807, 2.05) is 13.8 Å². The molecule has 0 aliphatic heterocycles. The molecule has 0 aliphatic rings. The van der Waals surface area contributed by atoms with Crippen LogP contribution in [0.5, 0.6) is 0 Å². The van der Waals surface area contributed by atoms with Crippen LogP contribution in [-0.4, -0.2) is 37.1 Å². The highest BCUT2D eigenvalue weighted by atomic mass is 127. The number of nitrogens with zero attached hydrogens (tertiary/aromatic N) is 2. The van der Waals surface area contributed by atoms with Crippen LogP contribution in [-0.2, 0) is 4.74 Å². The Morgan fingerprint density at radius 2 is 1.90 bits per heavy atom. The summed E-state index contributed by atoms with van der Waals surface area (Å²) in [5, 5.41) is 7.55. The van der Waals surface area contributed by atoms with Crippen LogP contribution >= 0.6 is 35.3 Å². The summed E-state index contributed by atoms with van der Waals surface area (Å²) in [6.45, 7) is 11.0. The lowest BCUT2D eigenvalue weighted by molar-refractivity contribution is 0.0531. The fraction of sp³-hybridized carbons (Fsp3) is 0.476. The predicted octanol–water partition coefficient (Wildman–Crippen LogP) is 4.58. The quantitative estimate of drug-likeness (QED) is 0.237. The highest BCUT2D eigenvalue weighted by Gasteiger charge is 2.20. The summed E-state index contributed by atoms with van der Waals surface area (Å²) in [4.78, 5) is 21.4. The van der Waals surface area contributed by atoms with Crippen LogP contribution in [0.15, 0.2) is 29.3 Å². The number of guanidine groups is 1. The third-order valence-electron chi connectivity index (χ3n) is 4.44. The number of hydrogen-bond donors (Lipinski definition) is 2. The van der Waals surface area contributed by atoms with Crippen molar-refractivity contribution < 1.29 is 9.53 Å². The van der Waals surface area contributed by atoms with Gasteiger partial charge in [-0.1, -0.05) is 36.8 Å². The van der Waals surface area contributed by atoms with E-state index >= 15 is 0 Å². The normalized spacial score (nSPS) is 13.2. The molecule has 29 heavy (non-hydrogen) atoms. The molecule has 8 heteroatoms. The van der Waals surface area contributed by atoms with Crippen molar-refractivity contribution in [3.8, 4) is 0 Å². The number of benzene rings is 1. The number of carbonyl (C=O) groups excluding carboxylic acids is 1. The van der Waals surface area contributed by atoms with Crippen molar-refractivity contribution >= 4 is 47.2 Å². The molecule has 0 saturated carbocycles. The van der Waals surface area contributed by atoms with E-state index in [9.17, 15) is 4.79 Å². The number of aliphatic imine (C=N–C) groups is 1. The van der Waals surface area contributed by atoms with Crippen LogP contribution in [0.3, 0.4) is 0 Å². The van der Waals surface area contributed by atoms with Crippen molar-refractivity contribution in [1.82, 2.24) is 15.6 Å². The minimum absolute atomic E-state index is 0. The molecule has 0 radical (unpaired) electrons. The lowest BCUT2D eigenvalue weighted by Crippen LogP contribution is -2.40. The average molecular weight is 530 g/mol. The maximum absolute atomic E-state index is 12.0. The molecule has 0 amide bonds. The lowest BCUT2D eigenvalue weighted by Gasteiger charge is -2.19. The first-order valence-electron chi connectivity index (χ1n) is 9.53. The van der Waals surface area contributed by atoms with Gasteiger partial charge < -0.3 is 15.4 Å². The Balaban J connectivity index is 0.00000420. The molecule has 2 atom stereocenters. The van der Waals surface area contributed by atoms with Gasteiger partial charge in [-0.3, -0.25) is 4.99 Å². The van der Waals surface area contributed by atoms with E-state index in [0.29, 0.717) is 29.1 Å². The molecule has 0 saturated heterocycles. The Hall–Kier alpha value is -1.68. The van der Waals surface area contributed by atoms with Gasteiger partial charge in [-0.15, -0.1) is 35.3 Å². The molecule has 0 fully saturated rings. The summed E-state index contributed by atoms with van der Waals surface area (Å²) in [7, 11) is 1.75. The molecule has 0 bridgehead atoms. The van der Waals surface area contributed by atoms with Crippen molar-refractivity contribution in [3.63, 3.8) is 0 Å². The third-order valence-corrected chi connectivity index (χ3v) is 5.76. The van der Waals surface area contributed by atoms with E-state index in [2.05, 4.69) is 58.7 Å². The fourth-order valence-corrected chi connectivity index (χ4v) is 3.68. The van der Waals surface area contributed by atoms with Gasteiger partial charge in [-0.25, -0.2) is 9.78 Å². The Bertz CT molecular complexity index is 821. The second-order valence-corrected chi connectivity index (χ2v) is 7.85.